The van der Waals surface area contributed by atoms with Gasteiger partial charge in [0.05, 0.1) is 5.56 Å². The first-order valence-corrected chi connectivity index (χ1v) is 10.1. The molecule has 4 heteroatoms. The Morgan fingerprint density at radius 3 is 2.48 bits per heavy atom. The van der Waals surface area contributed by atoms with Gasteiger partial charge in [0.25, 0.3) is 0 Å². The molecule has 1 aliphatic carbocycles. The van der Waals surface area contributed by atoms with Crippen molar-refractivity contribution in [3.05, 3.63) is 16.0 Å². The number of thiophene rings is 1. The van der Waals surface area contributed by atoms with Gasteiger partial charge in [-0.3, -0.25) is 4.79 Å². The van der Waals surface area contributed by atoms with Crippen LogP contribution in [0, 0.1) is 34.0 Å². The van der Waals surface area contributed by atoms with Gasteiger partial charge >= 0.3 is 0 Å². The lowest BCUT2D eigenvalue weighted by Gasteiger charge is -2.33. The summed E-state index contributed by atoms with van der Waals surface area (Å²) in [6.07, 6.45) is 3.91. The van der Waals surface area contributed by atoms with Crippen LogP contribution < -0.4 is 5.32 Å². The highest BCUT2D eigenvalue weighted by atomic mass is 32.1. The predicted octanol–water partition coefficient (Wildman–Crippen LogP) is 5.78. The first-order valence-electron chi connectivity index (χ1n) is 9.31. The summed E-state index contributed by atoms with van der Waals surface area (Å²) in [6.45, 7) is 15.1. The zero-order valence-electron chi connectivity index (χ0n) is 16.7. The number of anilines is 1. The Hall–Kier alpha value is -1.34. The molecule has 0 radical (unpaired) electrons. The van der Waals surface area contributed by atoms with Gasteiger partial charge in [-0.15, -0.1) is 11.3 Å². The molecule has 1 heterocycles. The normalized spacial score (nSPS) is 18.0. The van der Waals surface area contributed by atoms with E-state index in [1.165, 1.54) is 10.4 Å². The second-order valence-corrected chi connectivity index (χ2v) is 10.7. The van der Waals surface area contributed by atoms with Crippen molar-refractivity contribution in [2.24, 2.45) is 22.7 Å². The van der Waals surface area contributed by atoms with E-state index >= 15 is 0 Å². The molecule has 3 nitrogen and oxygen atoms in total. The van der Waals surface area contributed by atoms with E-state index in [1.54, 1.807) is 11.3 Å². The number of rotatable bonds is 4. The SMILES string of the molecule is CC(C)CC(C)(C)C(=O)Nc1sc2c(c1C#N)CCC(C(C)(C)C)C2. The average Bonchev–Trinajstić information content (AvgIpc) is 2.80. The molecule has 1 unspecified atom stereocenters. The molecule has 0 saturated heterocycles. The lowest BCUT2D eigenvalue weighted by atomic mass is 9.72. The van der Waals surface area contributed by atoms with Gasteiger partial charge in [0, 0.05) is 10.3 Å². The standard InChI is InChI=1S/C21H32N2OS/c1-13(2)11-21(6,7)19(24)23-18-16(12-22)15-9-8-14(20(3,4)5)10-17(15)25-18/h13-14H,8-11H2,1-7H3,(H,23,24). The number of carbonyl (C=O) groups excluding carboxylic acids is 1. The molecule has 0 aromatic carbocycles. The highest BCUT2D eigenvalue weighted by molar-refractivity contribution is 7.16. The van der Waals surface area contributed by atoms with Gasteiger partial charge in [0.15, 0.2) is 0 Å². The van der Waals surface area contributed by atoms with Gasteiger partial charge < -0.3 is 5.32 Å². The summed E-state index contributed by atoms with van der Waals surface area (Å²) in [5.41, 5.74) is 1.71. The van der Waals surface area contributed by atoms with Gasteiger partial charge in [0.2, 0.25) is 5.91 Å². The second-order valence-electron chi connectivity index (χ2n) is 9.56. The molecule has 138 valence electrons. The third-order valence-electron chi connectivity index (χ3n) is 5.36. The van der Waals surface area contributed by atoms with Crippen LogP contribution in [0.2, 0.25) is 0 Å². The van der Waals surface area contributed by atoms with Crippen molar-refractivity contribution in [1.29, 1.82) is 5.26 Å². The Balaban J connectivity index is 2.25. The molecule has 25 heavy (non-hydrogen) atoms. The van der Waals surface area contributed by atoms with E-state index in [0.29, 0.717) is 17.4 Å². The maximum atomic E-state index is 12.8. The van der Waals surface area contributed by atoms with Crippen LogP contribution in [0.15, 0.2) is 0 Å². The highest BCUT2D eigenvalue weighted by Gasteiger charge is 2.34. The van der Waals surface area contributed by atoms with Crippen LogP contribution in [0.4, 0.5) is 5.00 Å². The van der Waals surface area contributed by atoms with Gasteiger partial charge in [-0.25, -0.2) is 0 Å². The lowest BCUT2D eigenvalue weighted by Crippen LogP contribution is -2.32. The van der Waals surface area contributed by atoms with Crippen LogP contribution in [0.5, 0.6) is 0 Å². The fourth-order valence-corrected chi connectivity index (χ4v) is 5.19. The molecule has 1 aliphatic rings. The fourth-order valence-electron chi connectivity index (χ4n) is 3.92. The smallest absolute Gasteiger partial charge is 0.230 e. The van der Waals surface area contributed by atoms with Crippen molar-refractivity contribution in [1.82, 2.24) is 0 Å². The number of carbonyl (C=O) groups is 1. The third-order valence-corrected chi connectivity index (χ3v) is 6.53. The summed E-state index contributed by atoms with van der Waals surface area (Å²) in [4.78, 5) is 14.1. The van der Waals surface area contributed by atoms with Crippen LogP contribution in [-0.2, 0) is 17.6 Å². The maximum Gasteiger partial charge on any atom is 0.230 e. The minimum absolute atomic E-state index is 0.0173. The van der Waals surface area contributed by atoms with E-state index in [9.17, 15) is 10.1 Å². The van der Waals surface area contributed by atoms with Gasteiger partial charge in [-0.05, 0) is 48.5 Å². The van der Waals surface area contributed by atoms with E-state index in [1.807, 2.05) is 13.8 Å². The molecule has 2 rings (SSSR count). The fraction of sp³-hybridized carbons (Fsp3) is 0.714. The number of amides is 1. The highest BCUT2D eigenvalue weighted by Crippen LogP contribution is 2.44. The molecular weight excluding hydrogens is 328 g/mol. The zero-order valence-corrected chi connectivity index (χ0v) is 17.6. The Morgan fingerprint density at radius 1 is 1.32 bits per heavy atom. The van der Waals surface area contributed by atoms with Crippen molar-refractivity contribution in [2.75, 3.05) is 5.32 Å². The Morgan fingerprint density at radius 2 is 1.96 bits per heavy atom. The minimum Gasteiger partial charge on any atom is -0.316 e. The number of nitrogens with zero attached hydrogens (tertiary/aromatic N) is 1. The summed E-state index contributed by atoms with van der Waals surface area (Å²) >= 11 is 1.62. The van der Waals surface area contributed by atoms with E-state index in [-0.39, 0.29) is 11.3 Å². The number of hydrogen-bond donors (Lipinski definition) is 1. The van der Waals surface area contributed by atoms with Crippen LogP contribution in [-0.4, -0.2) is 5.91 Å². The maximum absolute atomic E-state index is 12.8. The van der Waals surface area contributed by atoms with Crippen molar-refractivity contribution in [3.63, 3.8) is 0 Å². The van der Waals surface area contributed by atoms with Gasteiger partial charge in [-0.1, -0.05) is 48.5 Å². The molecule has 0 saturated carbocycles. The number of hydrogen-bond acceptors (Lipinski definition) is 3. The van der Waals surface area contributed by atoms with Crippen LogP contribution in [0.25, 0.3) is 0 Å². The minimum atomic E-state index is -0.431. The van der Waals surface area contributed by atoms with Gasteiger partial charge in [0.1, 0.15) is 11.1 Å². The van der Waals surface area contributed by atoms with Crippen molar-refractivity contribution in [3.8, 4) is 6.07 Å². The Labute approximate surface area is 156 Å². The molecule has 1 aromatic rings. The molecule has 0 bridgehead atoms. The summed E-state index contributed by atoms with van der Waals surface area (Å²) in [7, 11) is 0. The van der Waals surface area contributed by atoms with Crippen LogP contribution in [0.3, 0.4) is 0 Å². The second kappa shape index (κ2) is 7.11. The zero-order chi connectivity index (χ0) is 19.0. The first kappa shape index (κ1) is 20.0. The van der Waals surface area contributed by atoms with Crippen molar-refractivity contribution in [2.45, 2.75) is 74.1 Å². The van der Waals surface area contributed by atoms with E-state index in [0.717, 1.165) is 30.7 Å². The predicted molar refractivity (Wildman–Crippen MR) is 106 cm³/mol. The molecular formula is C21H32N2OS. The number of nitrogens with one attached hydrogen (secondary N) is 1. The molecule has 0 fully saturated rings. The largest absolute Gasteiger partial charge is 0.316 e. The average molecular weight is 361 g/mol. The lowest BCUT2D eigenvalue weighted by molar-refractivity contribution is -0.124. The molecule has 0 spiro atoms. The van der Waals surface area contributed by atoms with Crippen LogP contribution >= 0.6 is 11.3 Å². The Bertz CT molecular complexity index is 686. The summed E-state index contributed by atoms with van der Waals surface area (Å²) in [5.74, 6) is 1.11. The molecule has 1 N–H and O–H groups in total. The van der Waals surface area contributed by atoms with E-state index in [4.69, 9.17) is 0 Å². The molecule has 1 aromatic heterocycles. The molecule has 0 aliphatic heterocycles. The number of nitriles is 1. The first-order chi connectivity index (χ1) is 11.5. The summed E-state index contributed by atoms with van der Waals surface area (Å²) in [5, 5.41) is 13.5. The number of fused-ring (bicyclic) bond motifs is 1. The topological polar surface area (TPSA) is 52.9 Å². The summed E-state index contributed by atoms with van der Waals surface area (Å²) < 4.78 is 0. The third kappa shape index (κ3) is 4.44. The van der Waals surface area contributed by atoms with Crippen LogP contribution in [0.1, 0.15) is 77.3 Å². The quantitative estimate of drug-likeness (QED) is 0.739. The molecule has 1 atom stereocenters. The van der Waals surface area contributed by atoms with E-state index < -0.39 is 5.41 Å². The van der Waals surface area contributed by atoms with Crippen molar-refractivity contribution < 1.29 is 4.79 Å². The van der Waals surface area contributed by atoms with Crippen molar-refractivity contribution >= 4 is 22.2 Å². The van der Waals surface area contributed by atoms with E-state index in [2.05, 4.69) is 46.0 Å². The monoisotopic (exact) mass is 360 g/mol. The summed E-state index contributed by atoms with van der Waals surface area (Å²) in [6, 6.07) is 2.35. The van der Waals surface area contributed by atoms with Gasteiger partial charge in [-0.2, -0.15) is 5.26 Å². The molecule has 1 amide bonds. The Kier molecular flexibility index (Phi) is 5.68.